The number of pyridine rings is 1. The Morgan fingerprint density at radius 3 is 2.79 bits per heavy atom. The van der Waals surface area contributed by atoms with Crippen LogP contribution in [0.15, 0.2) is 35.5 Å². The highest BCUT2D eigenvalue weighted by molar-refractivity contribution is 5.88. The Kier molecular flexibility index (Phi) is 4.74. The van der Waals surface area contributed by atoms with Crippen molar-refractivity contribution in [3.05, 3.63) is 46.9 Å². The number of hydrogen-bond donors (Lipinski definition) is 3. The van der Waals surface area contributed by atoms with Gasteiger partial charge in [0, 0.05) is 31.0 Å². The van der Waals surface area contributed by atoms with Crippen molar-refractivity contribution in [3.63, 3.8) is 0 Å². The van der Waals surface area contributed by atoms with Crippen molar-refractivity contribution >= 4 is 21.8 Å². The molecule has 0 unspecified atom stereocenters. The van der Waals surface area contributed by atoms with Gasteiger partial charge in [-0.3, -0.25) is 9.48 Å². The molecule has 8 nitrogen and oxygen atoms in total. The van der Waals surface area contributed by atoms with Gasteiger partial charge in [-0.25, -0.2) is 14.4 Å². The van der Waals surface area contributed by atoms with E-state index in [1.807, 2.05) is 0 Å². The Hall–Kier alpha value is -3.33. The fourth-order valence-electron chi connectivity index (χ4n) is 3.13. The first-order valence-corrected chi connectivity index (χ1v) is 8.95. The maximum Gasteiger partial charge on any atom is 0.258 e. The van der Waals surface area contributed by atoms with Gasteiger partial charge in [-0.05, 0) is 38.1 Å². The van der Waals surface area contributed by atoms with E-state index in [-0.39, 0.29) is 22.5 Å². The number of rotatable bonds is 1. The van der Waals surface area contributed by atoms with Crippen LogP contribution in [-0.2, 0) is 7.05 Å². The molecule has 1 fully saturated rings. The molecule has 9 heteroatoms. The van der Waals surface area contributed by atoms with E-state index in [1.165, 1.54) is 43.0 Å². The fourth-order valence-corrected chi connectivity index (χ4v) is 3.13. The predicted octanol–water partition coefficient (Wildman–Crippen LogP) is 2.09. The van der Waals surface area contributed by atoms with Crippen LogP contribution in [0, 0.1) is 5.82 Å². The SMILES string of the molecule is C1CCNC1.Cn1cc2cc(-c3ncc4c(=O)[nH]ccc4n3)c(O)c(F)c2n1. The smallest absolute Gasteiger partial charge is 0.258 e. The number of hydrogen-bond acceptors (Lipinski definition) is 6. The molecule has 0 aliphatic carbocycles. The average Bonchev–Trinajstić information content (AvgIpc) is 3.37. The highest BCUT2D eigenvalue weighted by atomic mass is 19.1. The lowest BCUT2D eigenvalue weighted by atomic mass is 10.1. The van der Waals surface area contributed by atoms with Gasteiger partial charge in [0.2, 0.25) is 0 Å². The van der Waals surface area contributed by atoms with Gasteiger partial charge in [0.05, 0.1) is 16.5 Å². The standard InChI is InChI=1S/C15H10FN5O2.C4H9N/c1-21-6-7-4-8(13(22)11(16)12(7)20-21)14-18-5-9-10(19-14)2-3-17-15(9)23;1-2-4-5-3-1/h2-6,22H,1H3,(H,17,23);5H,1-4H2. The summed E-state index contributed by atoms with van der Waals surface area (Å²) in [6, 6.07) is 3.17. The Morgan fingerprint density at radius 1 is 1.29 bits per heavy atom. The minimum atomic E-state index is -0.826. The van der Waals surface area contributed by atoms with E-state index in [0.717, 1.165) is 0 Å². The van der Waals surface area contributed by atoms with Gasteiger partial charge in [-0.15, -0.1) is 0 Å². The Balaban J connectivity index is 0.000000336. The van der Waals surface area contributed by atoms with Crippen molar-refractivity contribution in [1.82, 2.24) is 30.0 Å². The molecule has 0 spiro atoms. The third-order valence-electron chi connectivity index (χ3n) is 4.54. The zero-order chi connectivity index (χ0) is 19.7. The van der Waals surface area contributed by atoms with Gasteiger partial charge in [-0.1, -0.05) is 0 Å². The first kappa shape index (κ1) is 18.1. The maximum atomic E-state index is 14.3. The Morgan fingerprint density at radius 2 is 2.07 bits per heavy atom. The molecule has 144 valence electrons. The van der Waals surface area contributed by atoms with E-state index in [4.69, 9.17) is 0 Å². The molecular formula is C19H19FN6O2. The largest absolute Gasteiger partial charge is 0.504 e. The van der Waals surface area contributed by atoms with E-state index in [0.29, 0.717) is 16.3 Å². The van der Waals surface area contributed by atoms with Crippen LogP contribution in [0.5, 0.6) is 5.75 Å². The van der Waals surface area contributed by atoms with E-state index in [9.17, 15) is 14.3 Å². The number of aromatic nitrogens is 5. The quantitative estimate of drug-likeness (QED) is 0.465. The first-order chi connectivity index (χ1) is 13.5. The Bertz CT molecular complexity index is 1200. The molecule has 3 N–H and O–H groups in total. The number of nitrogens with zero attached hydrogens (tertiary/aromatic N) is 4. The van der Waals surface area contributed by atoms with E-state index >= 15 is 0 Å². The zero-order valence-corrected chi connectivity index (χ0v) is 15.2. The van der Waals surface area contributed by atoms with Crippen LogP contribution >= 0.6 is 0 Å². The molecule has 0 atom stereocenters. The number of H-pyrrole nitrogens is 1. The number of aromatic hydroxyl groups is 1. The maximum absolute atomic E-state index is 14.3. The van der Waals surface area contributed by atoms with Crippen molar-refractivity contribution in [1.29, 1.82) is 0 Å². The molecule has 1 aromatic carbocycles. The second-order valence-electron chi connectivity index (χ2n) is 6.58. The summed E-state index contributed by atoms with van der Waals surface area (Å²) in [5.41, 5.74) is 0.313. The molecule has 0 bridgehead atoms. The van der Waals surface area contributed by atoms with Crippen LogP contribution in [0.2, 0.25) is 0 Å². The molecule has 0 saturated carbocycles. The van der Waals surface area contributed by atoms with Crippen LogP contribution < -0.4 is 10.9 Å². The normalized spacial score (nSPS) is 13.6. The van der Waals surface area contributed by atoms with Crippen molar-refractivity contribution in [3.8, 4) is 17.1 Å². The lowest BCUT2D eigenvalue weighted by Gasteiger charge is -2.05. The zero-order valence-electron chi connectivity index (χ0n) is 15.2. The number of aryl methyl sites for hydroxylation is 1. The summed E-state index contributed by atoms with van der Waals surface area (Å²) in [5, 5.41) is 18.1. The fraction of sp³-hybridized carbons (Fsp3) is 0.263. The first-order valence-electron chi connectivity index (χ1n) is 8.95. The topological polar surface area (TPSA) is 109 Å². The van der Waals surface area contributed by atoms with E-state index < -0.39 is 11.6 Å². The molecule has 3 aromatic heterocycles. The summed E-state index contributed by atoms with van der Waals surface area (Å²) < 4.78 is 15.8. The number of nitrogens with one attached hydrogen (secondary N) is 2. The molecule has 0 radical (unpaired) electrons. The van der Waals surface area contributed by atoms with Gasteiger partial charge in [0.25, 0.3) is 5.56 Å². The Labute approximate surface area is 159 Å². The van der Waals surface area contributed by atoms with Crippen LogP contribution in [0.1, 0.15) is 12.8 Å². The lowest BCUT2D eigenvalue weighted by molar-refractivity contribution is 0.437. The number of benzene rings is 1. The lowest BCUT2D eigenvalue weighted by Crippen LogP contribution is -2.06. The number of halogens is 1. The molecule has 1 aliphatic heterocycles. The molecule has 0 amide bonds. The average molecular weight is 382 g/mol. The number of aromatic amines is 1. The third-order valence-corrected chi connectivity index (χ3v) is 4.54. The van der Waals surface area contributed by atoms with Gasteiger partial charge in [0.15, 0.2) is 17.4 Å². The summed E-state index contributed by atoms with van der Waals surface area (Å²) >= 11 is 0. The summed E-state index contributed by atoms with van der Waals surface area (Å²) in [4.78, 5) is 22.5. The van der Waals surface area contributed by atoms with Crippen LogP contribution in [0.4, 0.5) is 4.39 Å². The molecule has 4 aromatic rings. The van der Waals surface area contributed by atoms with Gasteiger partial charge >= 0.3 is 0 Å². The minimum absolute atomic E-state index is 0.0750. The number of phenols is 1. The molecule has 1 aliphatic rings. The highest BCUT2D eigenvalue weighted by Gasteiger charge is 2.18. The summed E-state index contributed by atoms with van der Waals surface area (Å²) in [5.74, 6) is -1.27. The summed E-state index contributed by atoms with van der Waals surface area (Å²) in [6.45, 7) is 2.50. The summed E-state index contributed by atoms with van der Waals surface area (Å²) in [6.07, 6.45) is 7.22. The number of fused-ring (bicyclic) bond motifs is 2. The van der Waals surface area contributed by atoms with Crippen LogP contribution in [-0.4, -0.2) is 42.9 Å². The molecule has 5 rings (SSSR count). The van der Waals surface area contributed by atoms with E-state index in [2.05, 4.69) is 25.4 Å². The van der Waals surface area contributed by atoms with Gasteiger partial charge in [-0.2, -0.15) is 5.10 Å². The second kappa shape index (κ2) is 7.35. The number of phenolic OH excluding ortho intramolecular Hbond substituents is 1. The van der Waals surface area contributed by atoms with Crippen LogP contribution in [0.3, 0.4) is 0 Å². The monoisotopic (exact) mass is 382 g/mol. The minimum Gasteiger partial charge on any atom is -0.504 e. The van der Waals surface area contributed by atoms with E-state index in [1.54, 1.807) is 25.4 Å². The van der Waals surface area contributed by atoms with Crippen LogP contribution in [0.25, 0.3) is 33.2 Å². The summed E-state index contributed by atoms with van der Waals surface area (Å²) in [7, 11) is 1.66. The molecule has 1 saturated heterocycles. The van der Waals surface area contributed by atoms with Gasteiger partial charge in [0.1, 0.15) is 5.52 Å². The van der Waals surface area contributed by atoms with Crippen molar-refractivity contribution < 1.29 is 9.50 Å². The predicted molar refractivity (Wildman–Crippen MR) is 104 cm³/mol. The van der Waals surface area contributed by atoms with Crippen molar-refractivity contribution in [2.45, 2.75) is 12.8 Å². The van der Waals surface area contributed by atoms with Crippen molar-refractivity contribution in [2.24, 2.45) is 7.05 Å². The van der Waals surface area contributed by atoms with Gasteiger partial charge < -0.3 is 15.4 Å². The second-order valence-corrected chi connectivity index (χ2v) is 6.58. The third kappa shape index (κ3) is 3.31. The molecule has 4 heterocycles. The highest BCUT2D eigenvalue weighted by Crippen LogP contribution is 2.34. The molecule has 28 heavy (non-hydrogen) atoms. The van der Waals surface area contributed by atoms with Crippen molar-refractivity contribution in [2.75, 3.05) is 13.1 Å². The molecular weight excluding hydrogens is 363 g/mol.